The molecule has 0 atom stereocenters. The minimum atomic E-state index is -1.88. The van der Waals surface area contributed by atoms with Crippen molar-refractivity contribution in [3.8, 4) is 11.5 Å². The van der Waals surface area contributed by atoms with Crippen LogP contribution in [0.2, 0.25) is 0 Å². The molecule has 166 valence electrons. The first kappa shape index (κ1) is 22.1. The Kier molecular flexibility index (Phi) is 6.29. The number of rotatable bonds is 8. The van der Waals surface area contributed by atoms with Crippen LogP contribution in [0.5, 0.6) is 11.5 Å². The molecule has 0 unspecified atom stereocenters. The molecule has 8 heteroatoms. The van der Waals surface area contributed by atoms with Crippen LogP contribution >= 0.6 is 7.49 Å². The highest BCUT2D eigenvalue weighted by atomic mass is 31.2. The molecule has 3 aliphatic rings. The highest BCUT2D eigenvalue weighted by Crippen LogP contribution is 2.70. The lowest BCUT2D eigenvalue weighted by molar-refractivity contribution is -0.142. The normalized spacial score (nSPS) is 24.9. The van der Waals surface area contributed by atoms with E-state index >= 15 is 0 Å². The molecule has 0 amide bonds. The summed E-state index contributed by atoms with van der Waals surface area (Å²) in [5.74, 6) is -1.53. The number of carbonyl (C=O) groups is 1. The number of fused-ring (bicyclic) bond motifs is 3. The number of hydrogen-bond donors (Lipinski definition) is 1. The Morgan fingerprint density at radius 3 is 2.58 bits per heavy atom. The Bertz CT molecular complexity index is 956. The molecule has 3 aliphatic heterocycles. The zero-order chi connectivity index (χ0) is 22.1. The molecule has 1 N–H and O–H groups in total. The molecule has 2 aromatic carbocycles. The predicted octanol–water partition coefficient (Wildman–Crippen LogP) is 4.93. The van der Waals surface area contributed by atoms with Gasteiger partial charge in [-0.1, -0.05) is 6.07 Å². The van der Waals surface area contributed by atoms with Gasteiger partial charge < -0.3 is 14.6 Å². The first-order valence-electron chi connectivity index (χ1n) is 10.4. The number of ether oxygens (including phenoxy) is 2. The number of aryl methyl sites for hydroxylation is 1. The first-order chi connectivity index (χ1) is 14.8. The maximum absolute atomic E-state index is 14.4. The van der Waals surface area contributed by atoms with Gasteiger partial charge in [-0.05, 0) is 49.9 Å². The number of carboxylic acids is 1. The van der Waals surface area contributed by atoms with E-state index in [9.17, 15) is 13.6 Å². The SMILES string of the molecule is Cc1ccc(Oc2cc([P+]34CCC(CCOCC(=O)O)(CC3)CO4)ccc2F)cc1F. The molecule has 0 saturated carbocycles. The number of aliphatic carboxylic acids is 1. The summed E-state index contributed by atoms with van der Waals surface area (Å²) in [6.45, 7) is 2.39. The van der Waals surface area contributed by atoms with Crippen molar-refractivity contribution in [2.24, 2.45) is 5.41 Å². The van der Waals surface area contributed by atoms with Crippen LogP contribution in [0, 0.1) is 24.0 Å². The summed E-state index contributed by atoms with van der Waals surface area (Å²) >= 11 is 0. The van der Waals surface area contributed by atoms with Crippen LogP contribution in [0.1, 0.15) is 24.8 Å². The summed E-state index contributed by atoms with van der Waals surface area (Å²) in [6, 6.07) is 9.35. The standard InChI is InChI=1S/C23H25F2O5P/c1-16-2-3-17(12-20(16)25)30-21-13-18(4-5-19(21)24)31-10-7-23(8-11-31,15-29-31)6-9-28-14-22(26)27/h2-5,12-13H,6-11,14-15H2,1H3/p+1. The van der Waals surface area contributed by atoms with E-state index in [1.807, 2.05) is 0 Å². The Balaban J connectivity index is 1.45. The van der Waals surface area contributed by atoms with Gasteiger partial charge in [0.05, 0.1) is 18.9 Å². The lowest BCUT2D eigenvalue weighted by Crippen LogP contribution is -2.44. The van der Waals surface area contributed by atoms with E-state index in [-0.39, 0.29) is 23.5 Å². The van der Waals surface area contributed by atoms with Crippen molar-refractivity contribution in [2.75, 3.05) is 32.1 Å². The van der Waals surface area contributed by atoms with Gasteiger partial charge in [0, 0.05) is 24.2 Å². The third-order valence-electron chi connectivity index (χ3n) is 6.38. The van der Waals surface area contributed by atoms with E-state index in [0.29, 0.717) is 18.8 Å². The van der Waals surface area contributed by atoms with E-state index in [0.717, 1.165) is 36.9 Å². The molecule has 0 spiro atoms. The maximum Gasteiger partial charge on any atom is 0.329 e. The third kappa shape index (κ3) is 4.74. The average molecular weight is 451 g/mol. The molecule has 3 heterocycles. The quantitative estimate of drug-likeness (QED) is 0.456. The molecule has 5 rings (SSSR count). The highest BCUT2D eigenvalue weighted by molar-refractivity contribution is 7.78. The van der Waals surface area contributed by atoms with Gasteiger partial charge in [-0.3, -0.25) is 0 Å². The van der Waals surface area contributed by atoms with Crippen molar-refractivity contribution in [1.29, 1.82) is 0 Å². The average Bonchev–Trinajstić information content (AvgIpc) is 2.76. The fourth-order valence-electron chi connectivity index (χ4n) is 4.30. The molecule has 3 saturated heterocycles. The Hall–Kier alpha value is -2.08. The summed E-state index contributed by atoms with van der Waals surface area (Å²) in [4.78, 5) is 10.6. The molecular weight excluding hydrogens is 425 g/mol. The minimum Gasteiger partial charge on any atom is -0.480 e. The number of halogens is 2. The monoisotopic (exact) mass is 451 g/mol. The van der Waals surface area contributed by atoms with E-state index in [1.165, 1.54) is 12.1 Å². The van der Waals surface area contributed by atoms with Crippen LogP contribution in [0.4, 0.5) is 8.78 Å². The molecule has 0 aromatic heterocycles. The zero-order valence-corrected chi connectivity index (χ0v) is 18.3. The van der Waals surface area contributed by atoms with Crippen molar-refractivity contribution in [2.45, 2.75) is 26.2 Å². The second kappa shape index (κ2) is 8.81. The molecule has 5 nitrogen and oxygen atoms in total. The summed E-state index contributed by atoms with van der Waals surface area (Å²) in [7, 11) is -1.88. The van der Waals surface area contributed by atoms with Crippen molar-refractivity contribution < 1.29 is 32.7 Å². The Labute approximate surface area is 180 Å². The summed E-state index contributed by atoms with van der Waals surface area (Å²) in [5, 5.41) is 9.66. The van der Waals surface area contributed by atoms with Gasteiger partial charge in [0.25, 0.3) is 0 Å². The second-order valence-electron chi connectivity index (χ2n) is 8.43. The van der Waals surface area contributed by atoms with Gasteiger partial charge in [0.2, 0.25) is 0 Å². The predicted molar refractivity (Wildman–Crippen MR) is 115 cm³/mol. The minimum absolute atomic E-state index is 0.0268. The molecular formula is C23H26F2O5P+. The van der Waals surface area contributed by atoms with E-state index in [1.54, 1.807) is 31.2 Å². The molecule has 31 heavy (non-hydrogen) atoms. The van der Waals surface area contributed by atoms with Crippen LogP contribution in [-0.2, 0) is 14.1 Å². The third-order valence-corrected chi connectivity index (χ3v) is 10.1. The van der Waals surface area contributed by atoms with E-state index < -0.39 is 25.1 Å². The number of carboxylic acid groups (broad SMARTS) is 1. The summed E-state index contributed by atoms with van der Waals surface area (Å²) in [6.07, 6.45) is 4.53. The van der Waals surface area contributed by atoms with Crippen molar-refractivity contribution in [3.05, 3.63) is 53.6 Å². The van der Waals surface area contributed by atoms with Crippen LogP contribution in [0.3, 0.4) is 0 Å². The fourth-order valence-corrected chi connectivity index (χ4v) is 8.34. The van der Waals surface area contributed by atoms with Crippen LogP contribution < -0.4 is 10.0 Å². The van der Waals surface area contributed by atoms with Crippen LogP contribution in [0.25, 0.3) is 0 Å². The van der Waals surface area contributed by atoms with Gasteiger partial charge in [-0.25, -0.2) is 18.1 Å². The molecule has 3 fully saturated rings. The molecule has 2 bridgehead atoms. The van der Waals surface area contributed by atoms with Crippen LogP contribution in [-0.4, -0.2) is 43.2 Å². The Morgan fingerprint density at radius 2 is 1.94 bits per heavy atom. The van der Waals surface area contributed by atoms with Gasteiger partial charge >= 0.3 is 5.97 Å². The molecule has 0 radical (unpaired) electrons. The topological polar surface area (TPSA) is 65.0 Å². The smallest absolute Gasteiger partial charge is 0.329 e. The van der Waals surface area contributed by atoms with E-state index in [2.05, 4.69) is 0 Å². The highest BCUT2D eigenvalue weighted by Gasteiger charge is 2.57. The summed E-state index contributed by atoms with van der Waals surface area (Å²) < 4.78 is 45.6. The number of hydrogen-bond acceptors (Lipinski definition) is 4. The van der Waals surface area contributed by atoms with Crippen molar-refractivity contribution in [1.82, 2.24) is 0 Å². The fraction of sp³-hybridized carbons (Fsp3) is 0.435. The van der Waals surface area contributed by atoms with Gasteiger partial charge in [-0.15, -0.1) is 0 Å². The maximum atomic E-state index is 14.4. The van der Waals surface area contributed by atoms with Gasteiger partial charge in [-0.2, -0.15) is 0 Å². The van der Waals surface area contributed by atoms with Gasteiger partial charge in [0.15, 0.2) is 19.1 Å². The lowest BCUT2D eigenvalue weighted by Gasteiger charge is -2.47. The zero-order valence-electron chi connectivity index (χ0n) is 17.4. The molecule has 0 aliphatic carbocycles. The molecule has 2 aromatic rings. The van der Waals surface area contributed by atoms with Gasteiger partial charge in [0.1, 0.15) is 23.5 Å². The van der Waals surface area contributed by atoms with Crippen LogP contribution in [0.15, 0.2) is 36.4 Å². The van der Waals surface area contributed by atoms with Crippen molar-refractivity contribution in [3.63, 3.8) is 0 Å². The summed E-state index contributed by atoms with van der Waals surface area (Å²) in [5.41, 5.74) is 0.528. The Morgan fingerprint density at radius 1 is 1.16 bits per heavy atom. The second-order valence-corrected chi connectivity index (χ2v) is 11.9. The number of benzene rings is 2. The lowest BCUT2D eigenvalue weighted by atomic mass is 9.80. The first-order valence-corrected chi connectivity index (χ1v) is 12.4. The van der Waals surface area contributed by atoms with Crippen molar-refractivity contribution >= 4 is 18.8 Å². The largest absolute Gasteiger partial charge is 0.480 e. The van der Waals surface area contributed by atoms with E-state index in [4.69, 9.17) is 19.1 Å².